The van der Waals surface area contributed by atoms with Crippen LogP contribution in [0.1, 0.15) is 25.0 Å². The van der Waals surface area contributed by atoms with Gasteiger partial charge in [0.15, 0.2) is 0 Å². The van der Waals surface area contributed by atoms with Crippen molar-refractivity contribution in [3.8, 4) is 0 Å². The van der Waals surface area contributed by atoms with Crippen LogP contribution in [0, 0.1) is 5.92 Å². The summed E-state index contributed by atoms with van der Waals surface area (Å²) in [6.45, 7) is 4.12. The van der Waals surface area contributed by atoms with Gasteiger partial charge in [-0.2, -0.15) is 13.2 Å². The molecular weight excluding hydrogens is 281 g/mol. The van der Waals surface area contributed by atoms with Gasteiger partial charge in [0.25, 0.3) is 0 Å². The first-order valence-corrected chi connectivity index (χ1v) is 6.85. The first kappa shape index (κ1) is 17.5. The van der Waals surface area contributed by atoms with Crippen molar-refractivity contribution in [3.63, 3.8) is 0 Å². The maximum absolute atomic E-state index is 12.6. The van der Waals surface area contributed by atoms with Gasteiger partial charge in [-0.3, -0.25) is 4.79 Å². The van der Waals surface area contributed by atoms with Crippen LogP contribution in [0.15, 0.2) is 24.3 Å². The van der Waals surface area contributed by atoms with E-state index in [4.69, 9.17) is 0 Å². The van der Waals surface area contributed by atoms with Crippen molar-refractivity contribution in [2.75, 3.05) is 13.6 Å². The van der Waals surface area contributed by atoms with Crippen molar-refractivity contribution >= 4 is 5.91 Å². The van der Waals surface area contributed by atoms with Crippen LogP contribution in [0.4, 0.5) is 13.2 Å². The summed E-state index contributed by atoms with van der Waals surface area (Å²) in [5, 5.41) is 5.77. The van der Waals surface area contributed by atoms with Crippen LogP contribution < -0.4 is 10.6 Å². The number of rotatable bonds is 6. The molecule has 2 unspecified atom stereocenters. The summed E-state index contributed by atoms with van der Waals surface area (Å²) in [5.74, 6) is -0.535. The maximum atomic E-state index is 12.6. The maximum Gasteiger partial charge on any atom is 0.416 e. The Balaban J connectivity index is 2.62. The third-order valence-electron chi connectivity index (χ3n) is 3.32. The highest BCUT2D eigenvalue weighted by atomic mass is 19.4. The lowest BCUT2D eigenvalue weighted by Gasteiger charge is -2.16. The van der Waals surface area contributed by atoms with E-state index < -0.39 is 11.7 Å². The number of likely N-dealkylation sites (N-methyl/N-ethyl adjacent to an activating group) is 1. The monoisotopic (exact) mass is 302 g/mol. The first-order chi connectivity index (χ1) is 9.74. The van der Waals surface area contributed by atoms with Gasteiger partial charge >= 0.3 is 6.18 Å². The molecule has 0 fully saturated rings. The Morgan fingerprint density at radius 2 is 1.95 bits per heavy atom. The minimum Gasteiger partial charge on any atom is -0.354 e. The number of halogens is 3. The molecule has 0 saturated carbocycles. The van der Waals surface area contributed by atoms with E-state index in [9.17, 15) is 18.0 Å². The number of amides is 1. The Morgan fingerprint density at radius 3 is 2.52 bits per heavy atom. The molecule has 0 aliphatic carbocycles. The van der Waals surface area contributed by atoms with E-state index in [2.05, 4.69) is 10.6 Å². The van der Waals surface area contributed by atoms with Gasteiger partial charge in [-0.05, 0) is 32.0 Å². The lowest BCUT2D eigenvalue weighted by Crippen LogP contribution is -2.39. The topological polar surface area (TPSA) is 41.1 Å². The van der Waals surface area contributed by atoms with Crippen LogP contribution in [-0.4, -0.2) is 25.5 Å². The number of hydrogen-bond acceptors (Lipinski definition) is 2. The molecule has 1 aromatic carbocycles. The molecule has 0 heterocycles. The molecule has 0 radical (unpaired) electrons. The average Bonchev–Trinajstić information content (AvgIpc) is 2.43. The second-order valence-electron chi connectivity index (χ2n) is 5.24. The van der Waals surface area contributed by atoms with Crippen LogP contribution in [-0.2, 0) is 17.4 Å². The Labute approximate surface area is 122 Å². The van der Waals surface area contributed by atoms with E-state index in [0.717, 1.165) is 12.1 Å². The number of benzene rings is 1. The first-order valence-electron chi connectivity index (χ1n) is 6.85. The summed E-state index contributed by atoms with van der Waals surface area (Å²) in [6.07, 6.45) is -4.08. The molecule has 1 aromatic rings. The van der Waals surface area contributed by atoms with Gasteiger partial charge in [-0.15, -0.1) is 0 Å². The second-order valence-corrected chi connectivity index (χ2v) is 5.24. The van der Waals surface area contributed by atoms with Crippen LogP contribution in [0.5, 0.6) is 0 Å². The van der Waals surface area contributed by atoms with E-state index >= 15 is 0 Å². The highest BCUT2D eigenvalue weighted by molar-refractivity contribution is 5.78. The molecule has 2 atom stereocenters. The Hall–Kier alpha value is -1.56. The van der Waals surface area contributed by atoms with E-state index in [-0.39, 0.29) is 24.3 Å². The number of hydrogen-bond donors (Lipinski definition) is 2. The number of alkyl halides is 3. The summed E-state index contributed by atoms with van der Waals surface area (Å²) >= 11 is 0. The fourth-order valence-corrected chi connectivity index (χ4v) is 1.85. The fraction of sp³-hybridized carbons (Fsp3) is 0.533. The molecule has 0 aliphatic heterocycles. The Bertz CT molecular complexity index is 474. The molecular formula is C15H21F3N2O. The third-order valence-corrected chi connectivity index (χ3v) is 3.32. The van der Waals surface area contributed by atoms with E-state index in [1.807, 2.05) is 6.92 Å². The van der Waals surface area contributed by atoms with Crippen LogP contribution >= 0.6 is 0 Å². The molecule has 118 valence electrons. The lowest BCUT2D eigenvalue weighted by molar-refractivity contribution is -0.137. The summed E-state index contributed by atoms with van der Waals surface area (Å²) in [7, 11) is 1.79. The largest absolute Gasteiger partial charge is 0.416 e. The zero-order chi connectivity index (χ0) is 16.0. The molecule has 1 rings (SSSR count). The van der Waals surface area contributed by atoms with Crippen LogP contribution in [0.2, 0.25) is 0 Å². The average molecular weight is 302 g/mol. The molecule has 21 heavy (non-hydrogen) atoms. The highest BCUT2D eigenvalue weighted by Crippen LogP contribution is 2.29. The normalized spacial score (nSPS) is 14.6. The molecule has 0 aromatic heterocycles. The van der Waals surface area contributed by atoms with Crippen molar-refractivity contribution in [2.24, 2.45) is 5.92 Å². The van der Waals surface area contributed by atoms with E-state index in [1.54, 1.807) is 20.0 Å². The van der Waals surface area contributed by atoms with Gasteiger partial charge in [-0.25, -0.2) is 0 Å². The van der Waals surface area contributed by atoms with Crippen molar-refractivity contribution in [1.29, 1.82) is 0 Å². The number of carbonyl (C=O) groups is 1. The molecule has 1 amide bonds. The molecule has 3 nitrogen and oxygen atoms in total. The molecule has 6 heteroatoms. The van der Waals surface area contributed by atoms with Gasteiger partial charge in [0.2, 0.25) is 5.91 Å². The van der Waals surface area contributed by atoms with Crippen LogP contribution in [0.3, 0.4) is 0 Å². The van der Waals surface area contributed by atoms with Gasteiger partial charge < -0.3 is 10.6 Å². The third kappa shape index (κ3) is 5.75. The summed E-state index contributed by atoms with van der Waals surface area (Å²) < 4.78 is 37.9. The standard InChI is InChI=1S/C15H21F3N2O/c1-10(14(21)20-9-11(2)19-3)7-12-5-4-6-13(8-12)15(16,17)18/h4-6,8,10-11,19H,7,9H2,1-3H3,(H,20,21). The molecule has 0 saturated heterocycles. The zero-order valence-corrected chi connectivity index (χ0v) is 12.4. The van der Waals surface area contributed by atoms with Crippen molar-refractivity contribution < 1.29 is 18.0 Å². The lowest BCUT2D eigenvalue weighted by atomic mass is 9.98. The van der Waals surface area contributed by atoms with E-state index in [1.165, 1.54) is 6.07 Å². The smallest absolute Gasteiger partial charge is 0.354 e. The second kappa shape index (κ2) is 7.45. The molecule has 0 aliphatic rings. The van der Waals surface area contributed by atoms with Crippen molar-refractivity contribution in [3.05, 3.63) is 35.4 Å². The van der Waals surface area contributed by atoms with Gasteiger partial charge in [0.1, 0.15) is 0 Å². The minimum atomic E-state index is -4.36. The number of carbonyl (C=O) groups excluding carboxylic acids is 1. The molecule has 2 N–H and O–H groups in total. The molecule has 0 bridgehead atoms. The SMILES string of the molecule is CNC(C)CNC(=O)C(C)Cc1cccc(C(F)(F)F)c1. The minimum absolute atomic E-state index is 0.148. The summed E-state index contributed by atoms with van der Waals surface area (Å²) in [4.78, 5) is 11.9. The Morgan fingerprint density at radius 1 is 1.29 bits per heavy atom. The predicted molar refractivity (Wildman–Crippen MR) is 75.8 cm³/mol. The highest BCUT2D eigenvalue weighted by Gasteiger charge is 2.30. The van der Waals surface area contributed by atoms with Gasteiger partial charge in [0, 0.05) is 18.5 Å². The van der Waals surface area contributed by atoms with E-state index in [0.29, 0.717) is 12.1 Å². The number of nitrogens with one attached hydrogen (secondary N) is 2. The zero-order valence-electron chi connectivity index (χ0n) is 12.4. The summed E-state index contributed by atoms with van der Waals surface area (Å²) in [6, 6.07) is 5.25. The van der Waals surface area contributed by atoms with Crippen LogP contribution in [0.25, 0.3) is 0 Å². The summed E-state index contributed by atoms with van der Waals surface area (Å²) in [5.41, 5.74) is -0.175. The quantitative estimate of drug-likeness (QED) is 0.848. The molecule has 0 spiro atoms. The van der Waals surface area contributed by atoms with Crippen molar-refractivity contribution in [2.45, 2.75) is 32.5 Å². The van der Waals surface area contributed by atoms with Gasteiger partial charge in [-0.1, -0.05) is 25.1 Å². The van der Waals surface area contributed by atoms with Gasteiger partial charge in [0.05, 0.1) is 5.56 Å². The fourth-order valence-electron chi connectivity index (χ4n) is 1.85. The Kier molecular flexibility index (Phi) is 6.20. The van der Waals surface area contributed by atoms with Crippen molar-refractivity contribution in [1.82, 2.24) is 10.6 Å². The predicted octanol–water partition coefficient (Wildman–Crippen LogP) is 2.61.